The molecule has 166 valence electrons. The molecular weight excluding hydrogens is 382 g/mol. The molecule has 2 aromatic carbocycles. The van der Waals surface area contributed by atoms with Gasteiger partial charge in [-0.05, 0) is 89.3 Å². The van der Waals surface area contributed by atoms with Crippen molar-refractivity contribution in [2.75, 3.05) is 13.7 Å². The molecule has 0 saturated heterocycles. The van der Waals surface area contributed by atoms with Crippen LogP contribution in [0.4, 0.5) is 0 Å². The van der Waals surface area contributed by atoms with Crippen LogP contribution in [0.5, 0.6) is 5.75 Å². The van der Waals surface area contributed by atoms with Crippen molar-refractivity contribution in [3.05, 3.63) is 64.7 Å². The Bertz CT molecular complexity index is 948. The number of carbonyl (C=O) groups excluding carboxylic acids is 1. The lowest BCUT2D eigenvalue weighted by atomic mass is 9.49. The molecule has 0 unspecified atom stereocenters. The van der Waals surface area contributed by atoms with Gasteiger partial charge in [0.1, 0.15) is 5.75 Å². The molecule has 2 aliphatic carbocycles. The van der Waals surface area contributed by atoms with Gasteiger partial charge in [-0.25, -0.2) is 0 Å². The second kappa shape index (κ2) is 8.33. The lowest BCUT2D eigenvalue weighted by Crippen LogP contribution is -2.53. The number of hydrogen-bond donors (Lipinski definition) is 1. The highest BCUT2D eigenvalue weighted by Gasteiger charge is 2.51. The summed E-state index contributed by atoms with van der Waals surface area (Å²) in [7, 11) is 1.64. The van der Waals surface area contributed by atoms with E-state index >= 15 is 0 Å². The molecule has 0 aromatic heterocycles. The summed E-state index contributed by atoms with van der Waals surface area (Å²) in [5, 5.41) is 3.27. The van der Waals surface area contributed by atoms with Crippen molar-refractivity contribution >= 4 is 5.91 Å². The predicted octanol–water partition coefficient (Wildman–Crippen LogP) is 6.26. The largest absolute Gasteiger partial charge is 0.497 e. The summed E-state index contributed by atoms with van der Waals surface area (Å²) in [4.78, 5) is 12.8. The van der Waals surface area contributed by atoms with Crippen LogP contribution in [0.3, 0.4) is 0 Å². The summed E-state index contributed by atoms with van der Waals surface area (Å²) in [6.45, 7) is 10.2. The molecule has 3 nitrogen and oxygen atoms in total. The number of aryl methyl sites for hydroxylation is 1. The molecule has 0 spiro atoms. The number of rotatable bonds is 5. The summed E-state index contributed by atoms with van der Waals surface area (Å²) in [5.41, 5.74) is 5.56. The minimum atomic E-state index is 0.00828. The van der Waals surface area contributed by atoms with Crippen LogP contribution in [0.2, 0.25) is 0 Å². The highest BCUT2D eigenvalue weighted by Crippen LogP contribution is 2.57. The molecule has 1 amide bonds. The van der Waals surface area contributed by atoms with E-state index in [1.807, 2.05) is 24.3 Å². The van der Waals surface area contributed by atoms with Crippen LogP contribution in [-0.4, -0.2) is 19.6 Å². The zero-order valence-electron chi connectivity index (χ0n) is 19.8. The second-order valence-corrected chi connectivity index (χ2v) is 10.5. The molecule has 0 radical (unpaired) electrons. The molecule has 4 rings (SSSR count). The first kappa shape index (κ1) is 21.9. The number of amides is 1. The Labute approximate surface area is 187 Å². The van der Waals surface area contributed by atoms with Crippen molar-refractivity contribution in [3.8, 4) is 5.75 Å². The van der Waals surface area contributed by atoms with Crippen LogP contribution in [0.15, 0.2) is 42.5 Å². The van der Waals surface area contributed by atoms with Crippen LogP contribution in [0.1, 0.15) is 86.3 Å². The summed E-state index contributed by atoms with van der Waals surface area (Å²) in [6, 6.07) is 14.6. The van der Waals surface area contributed by atoms with Crippen molar-refractivity contribution in [2.24, 2.45) is 11.3 Å². The summed E-state index contributed by atoms with van der Waals surface area (Å²) >= 11 is 0. The topological polar surface area (TPSA) is 38.3 Å². The van der Waals surface area contributed by atoms with Crippen molar-refractivity contribution in [2.45, 2.75) is 71.1 Å². The third-order valence-electron chi connectivity index (χ3n) is 8.17. The zero-order valence-corrected chi connectivity index (χ0v) is 19.8. The fraction of sp³-hybridized carbons (Fsp3) is 0.536. The van der Waals surface area contributed by atoms with E-state index in [-0.39, 0.29) is 16.7 Å². The molecule has 2 aromatic rings. The van der Waals surface area contributed by atoms with Gasteiger partial charge in [0.15, 0.2) is 0 Å². The molecule has 0 aliphatic heterocycles. The molecule has 1 saturated carbocycles. The number of hydrogen-bond acceptors (Lipinski definition) is 2. The molecule has 1 fully saturated rings. The Morgan fingerprint density at radius 1 is 1.13 bits per heavy atom. The number of carbonyl (C=O) groups is 1. The lowest BCUT2D eigenvalue weighted by molar-refractivity contribution is 0.0254. The average molecular weight is 420 g/mol. The molecule has 3 atom stereocenters. The Hall–Kier alpha value is -2.29. The maximum absolute atomic E-state index is 12.8. The van der Waals surface area contributed by atoms with Gasteiger partial charge in [0.2, 0.25) is 0 Å². The van der Waals surface area contributed by atoms with Gasteiger partial charge in [-0.1, -0.05) is 52.3 Å². The van der Waals surface area contributed by atoms with E-state index < -0.39 is 0 Å². The summed E-state index contributed by atoms with van der Waals surface area (Å²) in [6.07, 6.45) is 5.99. The van der Waals surface area contributed by atoms with Gasteiger partial charge in [-0.3, -0.25) is 4.79 Å². The molecular formula is C28H37NO2. The number of fused-ring (bicyclic) bond motifs is 3. The Morgan fingerprint density at radius 3 is 2.55 bits per heavy atom. The molecule has 0 heterocycles. The molecule has 0 bridgehead atoms. The number of nitrogens with one attached hydrogen (secondary N) is 1. The standard InChI is InChI=1S/C28H37NO2/c1-19(2)21-9-13-24-22(17-21)10-14-25-27(3,15-6-16-28(24,25)4)18-29-26(30)20-7-11-23(31-5)12-8-20/h7-9,11-13,17,19,25H,6,10,14-16,18H2,1-5H3,(H,29,30)/t25-,27-,28+/m0/s1. The molecule has 1 N–H and O–H groups in total. The first-order chi connectivity index (χ1) is 14.8. The minimum Gasteiger partial charge on any atom is -0.497 e. The van der Waals surface area contributed by atoms with Crippen molar-refractivity contribution in [1.82, 2.24) is 5.32 Å². The first-order valence-electron chi connectivity index (χ1n) is 11.8. The van der Waals surface area contributed by atoms with Gasteiger partial charge in [-0.2, -0.15) is 0 Å². The fourth-order valence-electron chi connectivity index (χ4n) is 6.34. The van der Waals surface area contributed by atoms with Crippen LogP contribution in [0, 0.1) is 11.3 Å². The fourth-order valence-corrected chi connectivity index (χ4v) is 6.34. The predicted molar refractivity (Wildman–Crippen MR) is 127 cm³/mol. The minimum absolute atomic E-state index is 0.00828. The highest BCUT2D eigenvalue weighted by molar-refractivity contribution is 5.94. The first-order valence-corrected chi connectivity index (χ1v) is 11.8. The van der Waals surface area contributed by atoms with Crippen molar-refractivity contribution < 1.29 is 9.53 Å². The Morgan fingerprint density at radius 2 is 1.87 bits per heavy atom. The maximum Gasteiger partial charge on any atom is 0.251 e. The lowest BCUT2D eigenvalue weighted by Gasteiger charge is -2.55. The van der Waals surface area contributed by atoms with E-state index in [9.17, 15) is 4.79 Å². The Balaban J connectivity index is 1.53. The summed E-state index contributed by atoms with van der Waals surface area (Å²) in [5.74, 6) is 1.94. The summed E-state index contributed by atoms with van der Waals surface area (Å²) < 4.78 is 5.21. The van der Waals surface area contributed by atoms with Gasteiger partial charge in [0.05, 0.1) is 7.11 Å². The molecule has 3 heteroatoms. The second-order valence-electron chi connectivity index (χ2n) is 10.5. The average Bonchev–Trinajstić information content (AvgIpc) is 2.77. The number of ether oxygens (including phenoxy) is 1. The van der Waals surface area contributed by atoms with Gasteiger partial charge >= 0.3 is 0 Å². The van der Waals surface area contributed by atoms with E-state index in [4.69, 9.17) is 4.74 Å². The van der Waals surface area contributed by atoms with Crippen LogP contribution >= 0.6 is 0 Å². The SMILES string of the molecule is COc1ccc(C(=O)NC[C@]2(C)CCC[C@]3(C)c4ccc(C(C)C)cc4CC[C@@H]23)cc1. The van der Waals surface area contributed by atoms with E-state index in [1.165, 1.54) is 31.2 Å². The normalized spacial score (nSPS) is 27.4. The quantitative estimate of drug-likeness (QED) is 0.621. The monoisotopic (exact) mass is 419 g/mol. The maximum atomic E-state index is 12.8. The Kier molecular flexibility index (Phi) is 5.89. The smallest absolute Gasteiger partial charge is 0.251 e. The van der Waals surface area contributed by atoms with Crippen molar-refractivity contribution in [1.29, 1.82) is 0 Å². The third-order valence-corrected chi connectivity index (χ3v) is 8.17. The van der Waals surface area contributed by atoms with E-state index in [0.717, 1.165) is 18.7 Å². The van der Waals surface area contributed by atoms with Gasteiger partial charge < -0.3 is 10.1 Å². The van der Waals surface area contributed by atoms with E-state index in [1.54, 1.807) is 18.2 Å². The number of benzene rings is 2. The van der Waals surface area contributed by atoms with E-state index in [0.29, 0.717) is 17.4 Å². The van der Waals surface area contributed by atoms with Crippen LogP contribution in [0.25, 0.3) is 0 Å². The molecule has 2 aliphatic rings. The van der Waals surface area contributed by atoms with Gasteiger partial charge in [0, 0.05) is 12.1 Å². The highest BCUT2D eigenvalue weighted by atomic mass is 16.5. The van der Waals surface area contributed by atoms with Crippen molar-refractivity contribution in [3.63, 3.8) is 0 Å². The van der Waals surface area contributed by atoms with Crippen LogP contribution in [-0.2, 0) is 11.8 Å². The zero-order chi connectivity index (χ0) is 22.2. The van der Waals surface area contributed by atoms with Gasteiger partial charge in [-0.15, -0.1) is 0 Å². The third kappa shape index (κ3) is 4.00. The van der Waals surface area contributed by atoms with Crippen LogP contribution < -0.4 is 10.1 Å². The number of methoxy groups -OCH3 is 1. The van der Waals surface area contributed by atoms with Gasteiger partial charge in [0.25, 0.3) is 5.91 Å². The van der Waals surface area contributed by atoms with E-state index in [2.05, 4.69) is 51.2 Å². The molecule has 31 heavy (non-hydrogen) atoms.